The molecule has 128 valence electrons. The number of hydrogen-bond donors (Lipinski definition) is 1. The Balaban J connectivity index is 2.48. The highest BCUT2D eigenvalue weighted by Gasteiger charge is 2.43. The minimum absolute atomic E-state index is 0.00111. The lowest BCUT2D eigenvalue weighted by molar-refractivity contribution is -0.146. The Hall–Kier alpha value is -2.63. The molecule has 0 saturated heterocycles. The number of ketones is 1. The van der Waals surface area contributed by atoms with E-state index >= 15 is 0 Å². The van der Waals surface area contributed by atoms with Crippen LogP contribution >= 0.6 is 0 Å². The van der Waals surface area contributed by atoms with E-state index in [0.717, 1.165) is 10.5 Å². The zero-order valence-corrected chi connectivity index (χ0v) is 14.2. The van der Waals surface area contributed by atoms with Gasteiger partial charge < -0.3 is 14.7 Å². The third-order valence-corrected chi connectivity index (χ3v) is 4.13. The van der Waals surface area contributed by atoms with E-state index < -0.39 is 29.5 Å². The normalized spacial score (nSPS) is 17.6. The fourth-order valence-corrected chi connectivity index (χ4v) is 2.79. The van der Waals surface area contributed by atoms with Gasteiger partial charge in [0.05, 0.1) is 18.7 Å². The lowest BCUT2D eigenvalue weighted by Gasteiger charge is -2.25. The van der Waals surface area contributed by atoms with Gasteiger partial charge in [0.2, 0.25) is 0 Å². The van der Waals surface area contributed by atoms with Crippen molar-refractivity contribution in [2.75, 3.05) is 13.7 Å². The number of esters is 1. The summed E-state index contributed by atoms with van der Waals surface area (Å²) in [6.07, 6.45) is 0. The zero-order valence-electron chi connectivity index (χ0n) is 14.2. The average Bonchev–Trinajstić information content (AvgIpc) is 2.79. The van der Waals surface area contributed by atoms with Gasteiger partial charge in [-0.2, -0.15) is 0 Å². The van der Waals surface area contributed by atoms with Gasteiger partial charge in [0.25, 0.3) is 5.91 Å². The average molecular weight is 331 g/mol. The van der Waals surface area contributed by atoms with Crippen molar-refractivity contribution in [3.05, 3.63) is 46.7 Å². The number of ether oxygens (including phenoxy) is 1. The fraction of sp³-hybridized carbons (Fsp3) is 0.389. The van der Waals surface area contributed by atoms with Gasteiger partial charge in [0, 0.05) is 0 Å². The number of rotatable bonds is 5. The van der Waals surface area contributed by atoms with E-state index in [1.54, 1.807) is 12.1 Å². The highest BCUT2D eigenvalue weighted by molar-refractivity contribution is 6.08. The Morgan fingerprint density at radius 3 is 2.29 bits per heavy atom. The van der Waals surface area contributed by atoms with Crippen molar-refractivity contribution in [2.45, 2.75) is 32.7 Å². The van der Waals surface area contributed by atoms with Crippen LogP contribution in [0.15, 0.2) is 35.6 Å². The predicted octanol–water partition coefficient (Wildman–Crippen LogP) is 2.27. The molecule has 0 saturated carbocycles. The molecule has 1 aliphatic rings. The Labute approximate surface area is 140 Å². The smallest absolute Gasteiger partial charge is 0.325 e. The molecule has 1 amide bonds. The van der Waals surface area contributed by atoms with Gasteiger partial charge in [-0.15, -0.1) is 0 Å². The van der Waals surface area contributed by atoms with Gasteiger partial charge in [-0.3, -0.25) is 14.4 Å². The maximum atomic E-state index is 12.3. The molecule has 1 aliphatic heterocycles. The van der Waals surface area contributed by atoms with Crippen molar-refractivity contribution >= 4 is 17.7 Å². The molecule has 1 atom stereocenters. The zero-order chi connectivity index (χ0) is 18.0. The van der Waals surface area contributed by atoms with Crippen LogP contribution in [-0.2, 0) is 19.1 Å². The van der Waals surface area contributed by atoms with Crippen molar-refractivity contribution in [1.29, 1.82) is 0 Å². The van der Waals surface area contributed by atoms with E-state index in [1.165, 1.54) is 14.0 Å². The summed E-state index contributed by atoms with van der Waals surface area (Å²) in [6.45, 7) is 5.07. The number of aliphatic hydroxyl groups is 1. The van der Waals surface area contributed by atoms with Gasteiger partial charge >= 0.3 is 5.97 Å². The highest BCUT2D eigenvalue weighted by Crippen LogP contribution is 2.37. The van der Waals surface area contributed by atoms with E-state index in [-0.39, 0.29) is 12.1 Å². The SMILES string of the molecule is COC(=O)CN1C(=O)C(O)=C(C(C)=O)[C@H]1c1ccc(C(C)C)cc1. The highest BCUT2D eigenvalue weighted by atomic mass is 16.5. The third kappa shape index (κ3) is 3.18. The lowest BCUT2D eigenvalue weighted by Crippen LogP contribution is -2.36. The van der Waals surface area contributed by atoms with Crippen LogP contribution < -0.4 is 0 Å². The van der Waals surface area contributed by atoms with Gasteiger partial charge in [0.1, 0.15) is 6.54 Å². The molecule has 1 N–H and O–H groups in total. The minimum Gasteiger partial charge on any atom is -0.503 e. The Morgan fingerprint density at radius 1 is 1.25 bits per heavy atom. The number of benzene rings is 1. The van der Waals surface area contributed by atoms with Crippen molar-refractivity contribution < 1.29 is 24.2 Å². The summed E-state index contributed by atoms with van der Waals surface area (Å²) in [7, 11) is 1.22. The number of carbonyl (C=O) groups is 3. The predicted molar refractivity (Wildman–Crippen MR) is 87.3 cm³/mol. The summed E-state index contributed by atoms with van der Waals surface area (Å²) in [5.74, 6) is -2.05. The summed E-state index contributed by atoms with van der Waals surface area (Å²) in [4.78, 5) is 37.0. The number of aliphatic hydroxyl groups excluding tert-OH is 1. The topological polar surface area (TPSA) is 83.9 Å². The van der Waals surface area contributed by atoms with Gasteiger partial charge in [-0.25, -0.2) is 0 Å². The summed E-state index contributed by atoms with van der Waals surface area (Å²) in [5.41, 5.74) is 1.77. The maximum Gasteiger partial charge on any atom is 0.325 e. The minimum atomic E-state index is -0.796. The molecule has 6 nitrogen and oxygen atoms in total. The van der Waals surface area contributed by atoms with Crippen LogP contribution in [0.1, 0.15) is 43.9 Å². The quantitative estimate of drug-likeness (QED) is 0.837. The monoisotopic (exact) mass is 331 g/mol. The molecule has 0 radical (unpaired) electrons. The van der Waals surface area contributed by atoms with E-state index in [1.807, 2.05) is 12.1 Å². The first kappa shape index (κ1) is 17.7. The second-order valence-electron chi connectivity index (χ2n) is 6.05. The molecule has 1 heterocycles. The number of amides is 1. The van der Waals surface area contributed by atoms with E-state index in [9.17, 15) is 19.5 Å². The molecular weight excluding hydrogens is 310 g/mol. The Morgan fingerprint density at radius 2 is 1.83 bits per heavy atom. The molecule has 1 aromatic rings. The largest absolute Gasteiger partial charge is 0.503 e. The van der Waals surface area contributed by atoms with Crippen LogP contribution in [0.2, 0.25) is 0 Å². The Bertz CT molecular complexity index is 703. The number of carbonyl (C=O) groups excluding carboxylic acids is 3. The van der Waals surface area contributed by atoms with Crippen LogP contribution in [-0.4, -0.2) is 41.3 Å². The van der Waals surface area contributed by atoms with Crippen molar-refractivity contribution in [1.82, 2.24) is 4.90 Å². The number of hydrogen-bond acceptors (Lipinski definition) is 5. The number of methoxy groups -OCH3 is 1. The van der Waals surface area contributed by atoms with E-state index in [4.69, 9.17) is 0 Å². The number of Topliss-reactive ketones (excluding diaryl/α,β-unsaturated/α-hetero) is 1. The molecular formula is C18H21NO5. The van der Waals surface area contributed by atoms with Gasteiger partial charge in [0.15, 0.2) is 11.5 Å². The molecule has 1 aromatic carbocycles. The molecule has 0 fully saturated rings. The van der Waals surface area contributed by atoms with Crippen molar-refractivity contribution in [3.63, 3.8) is 0 Å². The Kier molecular flexibility index (Phi) is 5.07. The first-order valence-electron chi connectivity index (χ1n) is 7.69. The molecule has 0 bridgehead atoms. The van der Waals surface area contributed by atoms with Crippen LogP contribution in [0.4, 0.5) is 0 Å². The lowest BCUT2D eigenvalue weighted by atomic mass is 9.94. The maximum absolute atomic E-state index is 12.3. The van der Waals surface area contributed by atoms with Crippen LogP contribution in [0.3, 0.4) is 0 Å². The second-order valence-corrected chi connectivity index (χ2v) is 6.05. The van der Waals surface area contributed by atoms with Crippen molar-refractivity contribution in [2.24, 2.45) is 0 Å². The molecule has 0 spiro atoms. The summed E-state index contributed by atoms with van der Waals surface area (Å²) in [6, 6.07) is 6.63. The fourth-order valence-electron chi connectivity index (χ4n) is 2.79. The van der Waals surface area contributed by atoms with E-state index in [2.05, 4.69) is 18.6 Å². The van der Waals surface area contributed by atoms with Crippen LogP contribution in [0.5, 0.6) is 0 Å². The summed E-state index contributed by atoms with van der Waals surface area (Å²) >= 11 is 0. The standard InChI is InChI=1S/C18H21NO5/c1-10(2)12-5-7-13(8-6-12)16-15(11(3)20)17(22)18(23)19(16)9-14(21)24-4/h5-8,10,16,22H,9H2,1-4H3/t16-/m1/s1. The summed E-state index contributed by atoms with van der Waals surface area (Å²) < 4.78 is 4.61. The van der Waals surface area contributed by atoms with Crippen LogP contribution in [0, 0.1) is 0 Å². The third-order valence-electron chi connectivity index (χ3n) is 4.13. The van der Waals surface area contributed by atoms with Gasteiger partial charge in [-0.05, 0) is 24.0 Å². The van der Waals surface area contributed by atoms with E-state index in [0.29, 0.717) is 11.5 Å². The summed E-state index contributed by atoms with van der Waals surface area (Å²) in [5, 5.41) is 10.1. The molecule has 6 heteroatoms. The molecule has 0 aromatic heterocycles. The molecule has 24 heavy (non-hydrogen) atoms. The first-order valence-corrected chi connectivity index (χ1v) is 7.69. The molecule has 2 rings (SSSR count). The molecule has 0 unspecified atom stereocenters. The number of nitrogens with zero attached hydrogens (tertiary/aromatic N) is 1. The molecule has 0 aliphatic carbocycles. The van der Waals surface area contributed by atoms with Crippen LogP contribution in [0.25, 0.3) is 0 Å². The first-order chi connectivity index (χ1) is 11.3. The second kappa shape index (κ2) is 6.86. The van der Waals surface area contributed by atoms with Crippen molar-refractivity contribution in [3.8, 4) is 0 Å². The van der Waals surface area contributed by atoms with Gasteiger partial charge in [-0.1, -0.05) is 38.1 Å².